The number of carbonyl (C=O) groups is 2. The first-order chi connectivity index (χ1) is 18.4. The van der Waals surface area contributed by atoms with Crippen molar-refractivity contribution in [3.05, 3.63) is 77.0 Å². The summed E-state index contributed by atoms with van der Waals surface area (Å²) in [5.74, 6) is -1.67. The average Bonchev–Trinajstić information content (AvgIpc) is 3.12. The standard InChI is InChI=1S/C27H31N3O4/c1-19-6-11-24(27(32)28(19)2)30-17-23-22(26(30)31)4-3-5-25(23)34-18-21-9-7-20(8-10-21)16-29-12-14-33-15-13-29/h3-5,7-10,24H,1,6,11-18H2,2H3/t24-/m0/s1/i6D2,17D2,24D. The van der Waals surface area contributed by atoms with Gasteiger partial charge in [-0.25, -0.2) is 0 Å². The first kappa shape index (κ1) is 17.3. The normalized spacial score (nSPS) is 28.5. The van der Waals surface area contributed by atoms with Crippen molar-refractivity contribution in [2.45, 2.75) is 38.5 Å². The highest BCUT2D eigenvalue weighted by atomic mass is 16.5. The van der Waals surface area contributed by atoms with Gasteiger partial charge in [-0.3, -0.25) is 14.5 Å². The number of likely N-dealkylation sites (N-methyl/N-ethyl adjacent to an activating group) is 1. The maximum absolute atomic E-state index is 13.5. The van der Waals surface area contributed by atoms with Crippen molar-refractivity contribution in [3.63, 3.8) is 0 Å². The van der Waals surface area contributed by atoms with E-state index >= 15 is 0 Å². The lowest BCUT2D eigenvalue weighted by molar-refractivity contribution is -0.135. The van der Waals surface area contributed by atoms with Crippen LogP contribution in [-0.2, 0) is 29.2 Å². The molecule has 34 heavy (non-hydrogen) atoms. The van der Waals surface area contributed by atoms with Crippen molar-refractivity contribution in [3.8, 4) is 5.75 Å². The van der Waals surface area contributed by atoms with E-state index in [4.69, 9.17) is 16.3 Å². The van der Waals surface area contributed by atoms with Crippen LogP contribution in [0.3, 0.4) is 0 Å². The molecule has 2 amide bonds. The SMILES string of the molecule is [2H]C1([2H])C[C@]([2H])(N2C(=O)c3cccc(OCc4ccc(CN5CCOCC5)cc4)c3C2([2H])[2H])C(=O)N(C)C1=C. The number of fused-ring (bicyclic) bond motifs is 1. The van der Waals surface area contributed by atoms with Gasteiger partial charge >= 0.3 is 0 Å². The van der Waals surface area contributed by atoms with Gasteiger partial charge in [-0.05, 0) is 36.1 Å². The largest absolute Gasteiger partial charge is 0.489 e. The van der Waals surface area contributed by atoms with E-state index < -0.39 is 37.1 Å². The van der Waals surface area contributed by atoms with Crippen LogP contribution in [0.25, 0.3) is 0 Å². The summed E-state index contributed by atoms with van der Waals surface area (Å²) in [6, 6.07) is 9.93. The fraction of sp³-hybridized carbons (Fsp3) is 0.407. The van der Waals surface area contributed by atoms with E-state index in [-0.39, 0.29) is 29.2 Å². The predicted octanol–water partition coefficient (Wildman–Crippen LogP) is 3.19. The highest BCUT2D eigenvalue weighted by Crippen LogP contribution is 2.35. The Bertz CT molecular complexity index is 1310. The Morgan fingerprint density at radius 3 is 2.65 bits per heavy atom. The molecule has 7 nitrogen and oxygen atoms in total. The molecule has 0 saturated carbocycles. The summed E-state index contributed by atoms with van der Waals surface area (Å²) in [7, 11) is 1.27. The molecule has 178 valence electrons. The Kier molecular flexibility index (Phi) is 4.89. The molecule has 1 atom stereocenters. The average molecular weight is 467 g/mol. The Balaban J connectivity index is 1.37. The highest BCUT2D eigenvalue weighted by molar-refractivity contribution is 6.02. The number of nitrogens with zero attached hydrogens (tertiary/aromatic N) is 3. The Labute approximate surface area is 207 Å². The molecule has 0 spiro atoms. The molecule has 3 heterocycles. The first-order valence-electron chi connectivity index (χ1n) is 13.8. The summed E-state index contributed by atoms with van der Waals surface area (Å²) >= 11 is 0. The fourth-order valence-corrected chi connectivity index (χ4v) is 4.21. The van der Waals surface area contributed by atoms with Gasteiger partial charge in [-0.2, -0.15) is 0 Å². The molecule has 3 aliphatic heterocycles. The summed E-state index contributed by atoms with van der Waals surface area (Å²) < 4.78 is 54.6. The number of hydrogen-bond donors (Lipinski definition) is 0. The second-order valence-electron chi connectivity index (χ2n) is 8.54. The van der Waals surface area contributed by atoms with E-state index in [9.17, 15) is 9.59 Å². The zero-order valence-electron chi connectivity index (χ0n) is 24.2. The molecule has 0 aromatic heterocycles. The minimum Gasteiger partial charge on any atom is -0.489 e. The lowest BCUT2D eigenvalue weighted by Crippen LogP contribution is -2.50. The first-order valence-corrected chi connectivity index (χ1v) is 11.3. The topological polar surface area (TPSA) is 62.3 Å². The van der Waals surface area contributed by atoms with Crippen LogP contribution in [0, 0.1) is 0 Å². The number of rotatable bonds is 6. The summed E-state index contributed by atoms with van der Waals surface area (Å²) in [4.78, 5) is 30.4. The number of carbonyl (C=O) groups excluding carboxylic acids is 2. The number of ether oxygens (including phenoxy) is 2. The molecule has 5 rings (SSSR count). The van der Waals surface area contributed by atoms with Crippen LogP contribution in [0.2, 0.25) is 0 Å². The molecule has 0 unspecified atom stereocenters. The minimum absolute atomic E-state index is 0.0228. The molecule has 0 bridgehead atoms. The fourth-order valence-electron chi connectivity index (χ4n) is 4.21. The van der Waals surface area contributed by atoms with Crippen LogP contribution in [0.15, 0.2) is 54.7 Å². The number of allylic oxidation sites excluding steroid dienone is 1. The van der Waals surface area contributed by atoms with Crippen molar-refractivity contribution < 1.29 is 25.9 Å². The third kappa shape index (κ3) is 4.45. The summed E-state index contributed by atoms with van der Waals surface area (Å²) in [6.45, 7) is 5.20. The van der Waals surface area contributed by atoms with Crippen molar-refractivity contribution in [1.82, 2.24) is 14.7 Å². The van der Waals surface area contributed by atoms with Gasteiger partial charge in [0.1, 0.15) is 18.4 Å². The molecule has 2 fully saturated rings. The lowest BCUT2D eigenvalue weighted by Gasteiger charge is -2.35. The smallest absolute Gasteiger partial charge is 0.255 e. The molecule has 0 radical (unpaired) electrons. The van der Waals surface area contributed by atoms with Gasteiger partial charge in [0.05, 0.1) is 23.8 Å². The zero-order valence-corrected chi connectivity index (χ0v) is 19.2. The van der Waals surface area contributed by atoms with E-state index in [0.29, 0.717) is 4.90 Å². The minimum atomic E-state index is -2.60. The third-order valence-corrected chi connectivity index (χ3v) is 6.30. The van der Waals surface area contributed by atoms with Gasteiger partial charge in [-0.15, -0.1) is 0 Å². The number of benzene rings is 2. The van der Waals surface area contributed by atoms with E-state index in [1.165, 1.54) is 13.1 Å². The van der Waals surface area contributed by atoms with Crippen LogP contribution in [-0.4, -0.2) is 65.9 Å². The second-order valence-corrected chi connectivity index (χ2v) is 8.54. The predicted molar refractivity (Wildman–Crippen MR) is 128 cm³/mol. The maximum Gasteiger partial charge on any atom is 0.255 e. The highest BCUT2D eigenvalue weighted by Gasteiger charge is 2.40. The van der Waals surface area contributed by atoms with Crippen LogP contribution >= 0.6 is 0 Å². The number of amides is 2. The van der Waals surface area contributed by atoms with Gasteiger partial charge in [0, 0.05) is 46.2 Å². The molecule has 7 heteroatoms. The molecule has 0 aliphatic carbocycles. The summed E-state index contributed by atoms with van der Waals surface area (Å²) in [5, 5.41) is 0. The Morgan fingerprint density at radius 1 is 1.15 bits per heavy atom. The van der Waals surface area contributed by atoms with Gasteiger partial charge in [-0.1, -0.05) is 36.9 Å². The Morgan fingerprint density at radius 2 is 1.88 bits per heavy atom. The quantitative estimate of drug-likeness (QED) is 0.654. The number of likely N-dealkylation sites (tertiary alicyclic amines) is 1. The number of hydrogen-bond acceptors (Lipinski definition) is 5. The number of morpholine rings is 1. The van der Waals surface area contributed by atoms with Crippen LogP contribution in [0.4, 0.5) is 0 Å². The number of piperidine rings is 1. The van der Waals surface area contributed by atoms with E-state index in [1.807, 2.05) is 24.3 Å². The van der Waals surface area contributed by atoms with Crippen LogP contribution < -0.4 is 4.74 Å². The maximum atomic E-state index is 13.5. The second kappa shape index (κ2) is 9.60. The van der Waals surface area contributed by atoms with Crippen LogP contribution in [0.5, 0.6) is 5.75 Å². The van der Waals surface area contributed by atoms with Crippen molar-refractivity contribution >= 4 is 11.8 Å². The van der Waals surface area contributed by atoms with Gasteiger partial charge in [0.2, 0.25) is 5.91 Å². The summed E-state index contributed by atoms with van der Waals surface area (Å²) in [6.07, 6.45) is -2.93. The lowest BCUT2D eigenvalue weighted by atomic mass is 10.0. The third-order valence-electron chi connectivity index (χ3n) is 6.30. The van der Waals surface area contributed by atoms with Crippen molar-refractivity contribution in [2.24, 2.45) is 0 Å². The molecule has 0 N–H and O–H groups in total. The summed E-state index contributed by atoms with van der Waals surface area (Å²) in [5.41, 5.74) is 1.77. The van der Waals surface area contributed by atoms with Gasteiger partial charge in [0.25, 0.3) is 5.91 Å². The monoisotopic (exact) mass is 466 g/mol. The molecule has 2 aromatic carbocycles. The van der Waals surface area contributed by atoms with Gasteiger partial charge in [0.15, 0.2) is 0 Å². The van der Waals surface area contributed by atoms with E-state index in [1.54, 1.807) is 12.1 Å². The van der Waals surface area contributed by atoms with Crippen LogP contribution in [0.1, 0.15) is 46.7 Å². The molecule has 3 aliphatic rings. The molecule has 2 saturated heterocycles. The van der Waals surface area contributed by atoms with E-state index in [2.05, 4.69) is 11.5 Å². The van der Waals surface area contributed by atoms with E-state index in [0.717, 1.165) is 48.9 Å². The molecular weight excluding hydrogens is 430 g/mol. The Hall–Kier alpha value is -3.16. The van der Waals surface area contributed by atoms with Crippen molar-refractivity contribution in [1.29, 1.82) is 0 Å². The zero-order chi connectivity index (χ0) is 28.2. The van der Waals surface area contributed by atoms with Crippen molar-refractivity contribution in [2.75, 3.05) is 33.4 Å². The van der Waals surface area contributed by atoms with Gasteiger partial charge < -0.3 is 19.3 Å². The molecular formula is C27H31N3O4. The molecule has 2 aromatic rings.